The Morgan fingerprint density at radius 2 is 1.92 bits per heavy atom. The number of halogens is 1. The Morgan fingerprint density at radius 3 is 2.56 bits per heavy atom. The van der Waals surface area contributed by atoms with E-state index in [0.717, 1.165) is 4.47 Å². The van der Waals surface area contributed by atoms with Crippen molar-refractivity contribution in [3.8, 4) is 11.5 Å². The Hall–Kier alpha value is -3.50. The maximum Gasteiger partial charge on any atom is 0.338 e. The number of carbonyl (C=O) groups excluding carboxylic acids is 2. The summed E-state index contributed by atoms with van der Waals surface area (Å²) in [5.41, 5.74) is 1.70. The van der Waals surface area contributed by atoms with Crippen LogP contribution in [0.3, 0.4) is 0 Å². The molecular weight excluding hydrogens is 548 g/mol. The van der Waals surface area contributed by atoms with Gasteiger partial charge in [0.2, 0.25) is 0 Å². The number of benzene rings is 2. The van der Waals surface area contributed by atoms with Crippen molar-refractivity contribution < 1.29 is 23.8 Å². The van der Waals surface area contributed by atoms with Gasteiger partial charge in [0.15, 0.2) is 4.80 Å². The van der Waals surface area contributed by atoms with Crippen LogP contribution < -0.4 is 24.4 Å². The molecule has 1 aliphatic rings. The van der Waals surface area contributed by atoms with Gasteiger partial charge < -0.3 is 14.2 Å². The van der Waals surface area contributed by atoms with Gasteiger partial charge >= 0.3 is 11.9 Å². The highest BCUT2D eigenvalue weighted by Gasteiger charge is 2.33. The fraction of sp³-hybridized carbons (Fsp3) is 0.231. The molecule has 0 radical (unpaired) electrons. The van der Waals surface area contributed by atoms with Gasteiger partial charge in [-0.25, -0.2) is 9.79 Å². The Labute approximate surface area is 219 Å². The van der Waals surface area contributed by atoms with E-state index in [1.807, 2.05) is 12.1 Å². The van der Waals surface area contributed by atoms with E-state index in [0.29, 0.717) is 43.2 Å². The van der Waals surface area contributed by atoms with Crippen molar-refractivity contribution in [2.45, 2.75) is 26.8 Å². The lowest BCUT2D eigenvalue weighted by atomic mass is 9.96. The number of hydrogen-bond acceptors (Lipinski definition) is 8. The first-order valence-corrected chi connectivity index (χ1v) is 12.7. The number of carbonyl (C=O) groups is 2. The van der Waals surface area contributed by atoms with Crippen molar-refractivity contribution in [1.29, 1.82) is 0 Å². The number of hydrogen-bond donors (Lipinski definition) is 0. The monoisotopic (exact) mass is 570 g/mol. The molecule has 10 heteroatoms. The van der Waals surface area contributed by atoms with Crippen molar-refractivity contribution in [2.24, 2.45) is 4.99 Å². The fourth-order valence-corrected chi connectivity index (χ4v) is 5.33. The van der Waals surface area contributed by atoms with E-state index in [2.05, 4.69) is 20.9 Å². The number of esters is 2. The van der Waals surface area contributed by atoms with Crippen LogP contribution in [0.15, 0.2) is 68.0 Å². The number of rotatable bonds is 6. The molecule has 1 aliphatic heterocycles. The molecule has 4 rings (SSSR count). The molecule has 0 N–H and O–H groups in total. The maximum absolute atomic E-state index is 13.7. The van der Waals surface area contributed by atoms with Crippen LogP contribution >= 0.6 is 27.3 Å². The van der Waals surface area contributed by atoms with E-state index in [1.165, 1.54) is 22.8 Å². The maximum atomic E-state index is 13.7. The summed E-state index contributed by atoms with van der Waals surface area (Å²) >= 11 is 4.61. The molecule has 186 valence electrons. The van der Waals surface area contributed by atoms with Crippen LogP contribution in [0.1, 0.15) is 37.9 Å². The van der Waals surface area contributed by atoms with Crippen molar-refractivity contribution in [1.82, 2.24) is 4.57 Å². The van der Waals surface area contributed by atoms with Crippen molar-refractivity contribution in [3.05, 3.63) is 89.0 Å². The van der Waals surface area contributed by atoms with Gasteiger partial charge in [0, 0.05) is 17.0 Å². The molecule has 0 saturated carbocycles. The van der Waals surface area contributed by atoms with E-state index >= 15 is 0 Å². The third-order valence-corrected chi connectivity index (χ3v) is 6.94. The summed E-state index contributed by atoms with van der Waals surface area (Å²) in [5, 5.41) is 0. The highest BCUT2D eigenvalue weighted by molar-refractivity contribution is 9.10. The largest absolute Gasteiger partial charge is 0.497 e. The minimum atomic E-state index is -0.733. The highest BCUT2D eigenvalue weighted by atomic mass is 79.9. The first-order valence-electron chi connectivity index (χ1n) is 11.0. The van der Waals surface area contributed by atoms with Gasteiger partial charge in [0.05, 0.1) is 35.6 Å². The average molecular weight is 571 g/mol. The van der Waals surface area contributed by atoms with Gasteiger partial charge in [-0.1, -0.05) is 39.4 Å². The van der Waals surface area contributed by atoms with Crippen LogP contribution in [0.25, 0.3) is 6.08 Å². The predicted molar refractivity (Wildman–Crippen MR) is 139 cm³/mol. The fourth-order valence-electron chi connectivity index (χ4n) is 3.91. The molecular formula is C26H23BrN2O6S. The van der Waals surface area contributed by atoms with E-state index in [-0.39, 0.29) is 12.2 Å². The molecule has 1 atom stereocenters. The molecule has 0 bridgehead atoms. The second-order valence-corrected chi connectivity index (χ2v) is 9.78. The summed E-state index contributed by atoms with van der Waals surface area (Å²) in [5.74, 6) is -0.0237. The highest BCUT2D eigenvalue weighted by Crippen LogP contribution is 2.31. The molecule has 0 aliphatic carbocycles. The molecule has 2 heterocycles. The number of fused-ring (bicyclic) bond motifs is 1. The minimum Gasteiger partial charge on any atom is -0.497 e. The van der Waals surface area contributed by atoms with E-state index in [1.54, 1.807) is 57.4 Å². The predicted octanol–water partition coefficient (Wildman–Crippen LogP) is 3.49. The standard InChI is InChI=1S/C26H23BrN2O6S/c1-5-34-25(32)22-14(2)28-26-29(23(22)16-6-9-19(33-4)10-7-16)24(31)21(36-26)13-17-12-18(27)8-11-20(17)35-15(3)30/h6-13,23H,5H2,1-4H3. The van der Waals surface area contributed by atoms with Crippen LogP contribution in [0.5, 0.6) is 11.5 Å². The summed E-state index contributed by atoms with van der Waals surface area (Å²) in [6.07, 6.45) is 1.65. The first kappa shape index (κ1) is 25.6. The molecule has 0 amide bonds. The molecule has 36 heavy (non-hydrogen) atoms. The smallest absolute Gasteiger partial charge is 0.338 e. The molecule has 8 nitrogen and oxygen atoms in total. The van der Waals surface area contributed by atoms with Crippen molar-refractivity contribution in [2.75, 3.05) is 13.7 Å². The molecule has 0 fully saturated rings. The first-order chi connectivity index (χ1) is 17.2. The van der Waals surface area contributed by atoms with Gasteiger partial charge in [0.1, 0.15) is 11.5 Å². The lowest BCUT2D eigenvalue weighted by Crippen LogP contribution is -2.39. The Balaban J connectivity index is 1.95. The topological polar surface area (TPSA) is 96.2 Å². The molecule has 1 unspecified atom stereocenters. The normalized spacial score (nSPS) is 15.2. The van der Waals surface area contributed by atoms with Crippen molar-refractivity contribution in [3.63, 3.8) is 0 Å². The molecule has 0 spiro atoms. The van der Waals surface area contributed by atoms with Crippen LogP contribution in [0.4, 0.5) is 0 Å². The van der Waals surface area contributed by atoms with Crippen LogP contribution in [-0.2, 0) is 14.3 Å². The number of nitrogens with zero attached hydrogens (tertiary/aromatic N) is 2. The van der Waals surface area contributed by atoms with E-state index in [9.17, 15) is 14.4 Å². The average Bonchev–Trinajstić information content (AvgIpc) is 3.14. The molecule has 2 aromatic carbocycles. The van der Waals surface area contributed by atoms with Crippen molar-refractivity contribution >= 4 is 45.3 Å². The van der Waals surface area contributed by atoms with Gasteiger partial charge in [0.25, 0.3) is 5.56 Å². The van der Waals surface area contributed by atoms with E-state index < -0.39 is 18.0 Å². The SMILES string of the molecule is CCOC(=O)C1=C(C)N=c2sc(=Cc3cc(Br)ccc3OC(C)=O)c(=O)n2C1c1ccc(OC)cc1. The van der Waals surface area contributed by atoms with E-state index in [4.69, 9.17) is 14.2 Å². The number of allylic oxidation sites excluding steroid dienone is 1. The second-order valence-electron chi connectivity index (χ2n) is 7.85. The van der Waals surface area contributed by atoms with Crippen LogP contribution in [0.2, 0.25) is 0 Å². The van der Waals surface area contributed by atoms with Gasteiger partial charge in [-0.2, -0.15) is 0 Å². The zero-order valence-corrected chi connectivity index (χ0v) is 22.4. The zero-order valence-electron chi connectivity index (χ0n) is 20.0. The summed E-state index contributed by atoms with van der Waals surface area (Å²) in [7, 11) is 1.57. The van der Waals surface area contributed by atoms with Crippen LogP contribution in [0, 0.1) is 0 Å². The lowest BCUT2D eigenvalue weighted by Gasteiger charge is -2.24. The number of thiazole rings is 1. The minimum absolute atomic E-state index is 0.192. The zero-order chi connectivity index (χ0) is 26.0. The Morgan fingerprint density at radius 1 is 1.19 bits per heavy atom. The Kier molecular flexibility index (Phi) is 7.56. The number of ether oxygens (including phenoxy) is 3. The van der Waals surface area contributed by atoms with Gasteiger partial charge in [-0.15, -0.1) is 0 Å². The van der Waals surface area contributed by atoms with Crippen LogP contribution in [-0.4, -0.2) is 30.2 Å². The van der Waals surface area contributed by atoms with Gasteiger partial charge in [-0.05, 0) is 55.8 Å². The Bertz CT molecular complexity index is 1550. The third-order valence-electron chi connectivity index (χ3n) is 5.46. The molecule has 3 aromatic rings. The third kappa shape index (κ3) is 5.05. The molecule has 1 aromatic heterocycles. The summed E-state index contributed by atoms with van der Waals surface area (Å²) in [6.45, 7) is 4.96. The number of aromatic nitrogens is 1. The quantitative estimate of drug-likeness (QED) is 0.332. The summed E-state index contributed by atoms with van der Waals surface area (Å²) in [6, 6.07) is 11.6. The van der Waals surface area contributed by atoms with Gasteiger partial charge in [-0.3, -0.25) is 14.2 Å². The molecule has 0 saturated heterocycles. The number of methoxy groups -OCH3 is 1. The second kappa shape index (κ2) is 10.6. The lowest BCUT2D eigenvalue weighted by molar-refractivity contribution is -0.139. The summed E-state index contributed by atoms with van der Waals surface area (Å²) in [4.78, 5) is 43.3. The summed E-state index contributed by atoms with van der Waals surface area (Å²) < 4.78 is 18.5.